The number of aromatic amines is 1. The predicted octanol–water partition coefficient (Wildman–Crippen LogP) is -0.210. The zero-order chi connectivity index (χ0) is 5.98. The zero-order valence-electron chi connectivity index (χ0n) is 4.31. The molecule has 1 N–H and O–H groups in total. The van der Waals surface area contributed by atoms with Gasteiger partial charge in [-0.25, -0.2) is 0 Å². The molecule has 0 unspecified atom stereocenters. The minimum absolute atomic E-state index is 0.609. The highest BCUT2D eigenvalue weighted by atomic mass is 14.7. The molecule has 1 aromatic rings. The standard InChI is InChI=1S/C6H4BN/c1-2-5-3-4-6(7)8-5/h1,3-4,8H. The minimum Gasteiger partial charge on any atom is -0.362 e. The van der Waals surface area contributed by atoms with E-state index in [1.54, 1.807) is 12.1 Å². The van der Waals surface area contributed by atoms with Crippen LogP contribution < -0.4 is 5.59 Å². The first-order valence-corrected chi connectivity index (χ1v) is 2.24. The lowest BCUT2D eigenvalue weighted by atomic mass is 10.1. The van der Waals surface area contributed by atoms with Crippen LogP contribution in [0.1, 0.15) is 5.69 Å². The molecule has 0 saturated heterocycles. The van der Waals surface area contributed by atoms with Crippen LogP contribution in [0.2, 0.25) is 0 Å². The van der Waals surface area contributed by atoms with Gasteiger partial charge in [-0.1, -0.05) is 12.0 Å². The van der Waals surface area contributed by atoms with Crippen molar-refractivity contribution >= 4 is 13.4 Å². The summed E-state index contributed by atoms with van der Waals surface area (Å²) in [6.45, 7) is 0. The lowest BCUT2D eigenvalue weighted by molar-refractivity contribution is 1.42. The van der Waals surface area contributed by atoms with Crippen molar-refractivity contribution in [2.45, 2.75) is 0 Å². The molecule has 0 aromatic carbocycles. The van der Waals surface area contributed by atoms with E-state index in [0.717, 1.165) is 5.69 Å². The highest BCUT2D eigenvalue weighted by Crippen LogP contribution is 1.85. The van der Waals surface area contributed by atoms with Crippen molar-refractivity contribution < 1.29 is 0 Å². The Balaban J connectivity index is 3.05. The molecule has 8 heavy (non-hydrogen) atoms. The molecule has 1 heterocycles. The van der Waals surface area contributed by atoms with Gasteiger partial charge in [-0.15, -0.1) is 6.42 Å². The van der Waals surface area contributed by atoms with E-state index in [-0.39, 0.29) is 0 Å². The van der Waals surface area contributed by atoms with Gasteiger partial charge in [0, 0.05) is 0 Å². The van der Waals surface area contributed by atoms with Crippen LogP contribution in [0.4, 0.5) is 0 Å². The van der Waals surface area contributed by atoms with Gasteiger partial charge in [0.05, 0.1) is 5.69 Å². The molecule has 36 valence electrons. The maximum Gasteiger partial charge on any atom is 0.138 e. The number of nitrogens with one attached hydrogen (secondary N) is 1. The third-order valence-electron chi connectivity index (χ3n) is 0.864. The van der Waals surface area contributed by atoms with Crippen LogP contribution in [0.25, 0.3) is 0 Å². The Morgan fingerprint density at radius 2 is 2.38 bits per heavy atom. The predicted molar refractivity (Wildman–Crippen MR) is 34.1 cm³/mol. The van der Waals surface area contributed by atoms with Gasteiger partial charge in [-0.2, -0.15) is 0 Å². The van der Waals surface area contributed by atoms with Crippen LogP contribution in [0, 0.1) is 12.3 Å². The molecule has 0 spiro atoms. The highest BCUT2D eigenvalue weighted by molar-refractivity contribution is 6.30. The molecule has 1 nitrogen and oxygen atoms in total. The molecule has 1 aromatic heterocycles. The second kappa shape index (κ2) is 1.79. The summed E-state index contributed by atoms with van der Waals surface area (Å²) < 4.78 is 0. The average Bonchev–Trinajstić information content (AvgIpc) is 2.14. The summed E-state index contributed by atoms with van der Waals surface area (Å²) in [5.41, 5.74) is 1.33. The summed E-state index contributed by atoms with van der Waals surface area (Å²) in [5.74, 6) is 2.41. The van der Waals surface area contributed by atoms with Gasteiger partial charge < -0.3 is 4.98 Å². The molecule has 0 aliphatic heterocycles. The zero-order valence-corrected chi connectivity index (χ0v) is 4.31. The molecule has 0 bridgehead atoms. The molecular weight excluding hydrogens is 96.9 g/mol. The fourth-order valence-electron chi connectivity index (χ4n) is 0.496. The van der Waals surface area contributed by atoms with E-state index in [2.05, 4.69) is 10.9 Å². The van der Waals surface area contributed by atoms with Crippen LogP contribution in [-0.4, -0.2) is 12.8 Å². The molecular formula is C6H4BN. The molecule has 0 aliphatic carbocycles. The Morgan fingerprint density at radius 3 is 2.62 bits per heavy atom. The second-order valence-electron chi connectivity index (χ2n) is 1.47. The van der Waals surface area contributed by atoms with Gasteiger partial charge in [-0.3, -0.25) is 0 Å². The molecule has 0 fully saturated rings. The van der Waals surface area contributed by atoms with Crippen molar-refractivity contribution in [1.82, 2.24) is 4.98 Å². The van der Waals surface area contributed by atoms with E-state index in [1.165, 1.54) is 0 Å². The molecule has 0 atom stereocenters. The van der Waals surface area contributed by atoms with Crippen molar-refractivity contribution in [3.8, 4) is 12.3 Å². The summed E-state index contributed by atoms with van der Waals surface area (Å²) in [7, 11) is 5.30. The number of hydrogen-bond donors (Lipinski definition) is 1. The summed E-state index contributed by atoms with van der Waals surface area (Å²) >= 11 is 0. The molecule has 1 rings (SSSR count). The number of rotatable bonds is 0. The highest BCUT2D eigenvalue weighted by Gasteiger charge is 1.85. The molecule has 0 amide bonds. The van der Waals surface area contributed by atoms with Crippen LogP contribution in [0.15, 0.2) is 12.1 Å². The van der Waals surface area contributed by atoms with Crippen molar-refractivity contribution in [3.63, 3.8) is 0 Å². The topological polar surface area (TPSA) is 15.8 Å². The SMILES string of the molecule is [B]c1ccc(C#C)[nH]1. The number of H-pyrrole nitrogens is 1. The largest absolute Gasteiger partial charge is 0.362 e. The van der Waals surface area contributed by atoms with Crippen molar-refractivity contribution in [1.29, 1.82) is 0 Å². The Labute approximate surface area is 49.5 Å². The van der Waals surface area contributed by atoms with Crippen LogP contribution in [0.5, 0.6) is 0 Å². The number of terminal acetylenes is 1. The van der Waals surface area contributed by atoms with Gasteiger partial charge in [-0.05, 0) is 11.7 Å². The van der Waals surface area contributed by atoms with E-state index in [9.17, 15) is 0 Å². The quantitative estimate of drug-likeness (QED) is 0.343. The maximum absolute atomic E-state index is 5.30. The number of aromatic nitrogens is 1. The van der Waals surface area contributed by atoms with Gasteiger partial charge in [0.1, 0.15) is 7.85 Å². The molecule has 0 aliphatic rings. The van der Waals surface area contributed by atoms with Crippen molar-refractivity contribution in [2.75, 3.05) is 0 Å². The van der Waals surface area contributed by atoms with Gasteiger partial charge in [0.2, 0.25) is 0 Å². The maximum atomic E-state index is 5.30. The summed E-state index contributed by atoms with van der Waals surface area (Å²) in [6.07, 6.45) is 5.03. The van der Waals surface area contributed by atoms with E-state index in [0.29, 0.717) is 5.59 Å². The second-order valence-corrected chi connectivity index (χ2v) is 1.47. The first kappa shape index (κ1) is 5.05. The van der Waals surface area contributed by atoms with Crippen LogP contribution in [-0.2, 0) is 0 Å². The van der Waals surface area contributed by atoms with Gasteiger partial charge >= 0.3 is 0 Å². The Bertz CT molecular complexity index is 219. The fraction of sp³-hybridized carbons (Fsp3) is 0. The van der Waals surface area contributed by atoms with Gasteiger partial charge in [0.25, 0.3) is 0 Å². The fourth-order valence-corrected chi connectivity index (χ4v) is 0.496. The third-order valence-corrected chi connectivity index (χ3v) is 0.864. The average molecular weight is 101 g/mol. The van der Waals surface area contributed by atoms with Crippen LogP contribution >= 0.6 is 0 Å². The molecule has 2 heteroatoms. The smallest absolute Gasteiger partial charge is 0.138 e. The first-order valence-electron chi connectivity index (χ1n) is 2.24. The molecule has 0 saturated carbocycles. The third kappa shape index (κ3) is 0.762. The summed E-state index contributed by atoms with van der Waals surface area (Å²) in [4.78, 5) is 2.77. The monoisotopic (exact) mass is 101 g/mol. The van der Waals surface area contributed by atoms with Crippen molar-refractivity contribution in [3.05, 3.63) is 17.8 Å². The van der Waals surface area contributed by atoms with Crippen molar-refractivity contribution in [2.24, 2.45) is 0 Å². The normalized spacial score (nSPS) is 8.38. The first-order chi connectivity index (χ1) is 3.83. The summed E-state index contributed by atoms with van der Waals surface area (Å²) in [6, 6.07) is 3.49. The Hall–Kier alpha value is -1.10. The minimum atomic E-state index is 0.609. The van der Waals surface area contributed by atoms with Crippen LogP contribution in [0.3, 0.4) is 0 Å². The summed E-state index contributed by atoms with van der Waals surface area (Å²) in [5, 5.41) is 0. The van der Waals surface area contributed by atoms with E-state index in [4.69, 9.17) is 14.3 Å². The lowest BCUT2D eigenvalue weighted by Crippen LogP contribution is -2.00. The van der Waals surface area contributed by atoms with E-state index < -0.39 is 0 Å². The van der Waals surface area contributed by atoms with E-state index >= 15 is 0 Å². The molecule has 2 radical (unpaired) electrons. The Morgan fingerprint density at radius 1 is 1.62 bits per heavy atom. The Kier molecular flexibility index (Phi) is 1.13. The van der Waals surface area contributed by atoms with E-state index in [1.807, 2.05) is 0 Å². The van der Waals surface area contributed by atoms with Gasteiger partial charge in [0.15, 0.2) is 0 Å². The number of hydrogen-bond acceptors (Lipinski definition) is 0. The lowest BCUT2D eigenvalue weighted by Gasteiger charge is -1.77.